The van der Waals surface area contributed by atoms with E-state index in [1.165, 1.54) is 6.92 Å². The summed E-state index contributed by atoms with van der Waals surface area (Å²) in [7, 11) is 0. The average molecular weight is 249 g/mol. The number of hydrogen-bond donors (Lipinski definition) is 2. The quantitative estimate of drug-likeness (QED) is 0.798. The molecule has 1 unspecified atom stereocenters. The number of nitrogens with one attached hydrogen (secondary N) is 1. The van der Waals surface area contributed by atoms with Gasteiger partial charge in [0, 0.05) is 25.8 Å². The second kappa shape index (κ2) is 5.42. The second-order valence-corrected chi connectivity index (χ2v) is 4.60. The first-order chi connectivity index (χ1) is 7.80. The van der Waals surface area contributed by atoms with Gasteiger partial charge in [-0.25, -0.2) is 8.78 Å². The van der Waals surface area contributed by atoms with Crippen LogP contribution in [0.25, 0.3) is 0 Å². The first-order valence-corrected chi connectivity index (χ1v) is 5.67. The van der Waals surface area contributed by atoms with Crippen LogP contribution >= 0.6 is 0 Å². The van der Waals surface area contributed by atoms with E-state index in [1.807, 2.05) is 0 Å². The third kappa shape index (κ3) is 4.66. The number of carboxylic acids is 1. The number of alkyl halides is 2. The van der Waals surface area contributed by atoms with Crippen molar-refractivity contribution in [3.8, 4) is 0 Å². The molecule has 0 heterocycles. The minimum atomic E-state index is -2.64. The van der Waals surface area contributed by atoms with E-state index in [9.17, 15) is 18.4 Å². The van der Waals surface area contributed by atoms with Crippen molar-refractivity contribution in [3.63, 3.8) is 0 Å². The van der Waals surface area contributed by atoms with E-state index in [-0.39, 0.29) is 43.9 Å². The van der Waals surface area contributed by atoms with Crippen LogP contribution in [0, 0.1) is 5.92 Å². The number of halogens is 2. The molecule has 1 fully saturated rings. The van der Waals surface area contributed by atoms with E-state index in [1.54, 1.807) is 0 Å². The van der Waals surface area contributed by atoms with Crippen molar-refractivity contribution in [2.45, 2.75) is 51.0 Å². The molecule has 1 aliphatic rings. The summed E-state index contributed by atoms with van der Waals surface area (Å²) in [5, 5.41) is 11.3. The Hall–Kier alpha value is -1.20. The molecular weight excluding hydrogens is 232 g/mol. The Morgan fingerprint density at radius 1 is 1.41 bits per heavy atom. The largest absolute Gasteiger partial charge is 0.481 e. The Labute approximate surface area is 98.4 Å². The molecule has 0 aromatic carbocycles. The molecule has 0 aliphatic heterocycles. The standard InChI is InChI=1S/C11H17F2NO3/c1-7(15)14-9(6-10(16)17)8-2-4-11(12,13)5-3-8/h8-9H,2-6H2,1H3,(H,14,15)(H,16,17). The fourth-order valence-electron chi connectivity index (χ4n) is 2.25. The van der Waals surface area contributed by atoms with Gasteiger partial charge in [-0.15, -0.1) is 0 Å². The second-order valence-electron chi connectivity index (χ2n) is 4.60. The number of carboxylic acid groups (broad SMARTS) is 1. The van der Waals surface area contributed by atoms with Crippen LogP contribution in [0.1, 0.15) is 39.0 Å². The first-order valence-electron chi connectivity index (χ1n) is 5.67. The molecule has 2 N–H and O–H groups in total. The zero-order valence-electron chi connectivity index (χ0n) is 9.71. The Bertz CT molecular complexity index is 281. The normalized spacial score (nSPS) is 21.8. The van der Waals surface area contributed by atoms with Crippen molar-refractivity contribution in [2.24, 2.45) is 5.92 Å². The molecule has 1 amide bonds. The van der Waals surface area contributed by atoms with Crippen LogP contribution in [-0.2, 0) is 9.59 Å². The van der Waals surface area contributed by atoms with E-state index in [0.29, 0.717) is 0 Å². The molecule has 0 aromatic heterocycles. The van der Waals surface area contributed by atoms with E-state index < -0.39 is 17.9 Å². The van der Waals surface area contributed by atoms with Gasteiger partial charge in [-0.05, 0) is 18.8 Å². The highest BCUT2D eigenvalue weighted by Gasteiger charge is 2.38. The summed E-state index contributed by atoms with van der Waals surface area (Å²) in [6, 6.07) is -0.541. The fourth-order valence-corrected chi connectivity index (χ4v) is 2.25. The maximum absolute atomic E-state index is 13.0. The Kier molecular flexibility index (Phi) is 4.42. The van der Waals surface area contributed by atoms with Crippen molar-refractivity contribution >= 4 is 11.9 Å². The molecule has 4 nitrogen and oxygen atoms in total. The van der Waals surface area contributed by atoms with Gasteiger partial charge in [-0.2, -0.15) is 0 Å². The highest BCUT2D eigenvalue weighted by atomic mass is 19.3. The molecule has 0 aromatic rings. The van der Waals surface area contributed by atoms with Gasteiger partial charge in [0.1, 0.15) is 0 Å². The Balaban J connectivity index is 2.58. The van der Waals surface area contributed by atoms with Gasteiger partial charge in [0.2, 0.25) is 11.8 Å². The predicted octanol–water partition coefficient (Wildman–Crippen LogP) is 1.79. The molecular formula is C11H17F2NO3. The van der Waals surface area contributed by atoms with Gasteiger partial charge < -0.3 is 10.4 Å². The summed E-state index contributed by atoms with van der Waals surface area (Å²) in [5.74, 6) is -4.16. The Morgan fingerprint density at radius 3 is 2.35 bits per heavy atom. The predicted molar refractivity (Wildman–Crippen MR) is 56.8 cm³/mol. The number of hydrogen-bond acceptors (Lipinski definition) is 2. The molecule has 0 bridgehead atoms. The summed E-state index contributed by atoms with van der Waals surface area (Å²) in [5.41, 5.74) is 0. The molecule has 98 valence electrons. The van der Waals surface area contributed by atoms with Crippen molar-refractivity contribution in [2.75, 3.05) is 0 Å². The lowest BCUT2D eigenvalue weighted by Crippen LogP contribution is -2.43. The lowest BCUT2D eigenvalue weighted by Gasteiger charge is -2.33. The minimum absolute atomic E-state index is 0.172. The highest BCUT2D eigenvalue weighted by molar-refractivity contribution is 5.75. The third-order valence-corrected chi connectivity index (χ3v) is 3.11. The minimum Gasteiger partial charge on any atom is -0.481 e. The molecule has 1 rings (SSSR count). The number of carbonyl (C=O) groups excluding carboxylic acids is 1. The van der Waals surface area contributed by atoms with Crippen LogP contribution in [0.4, 0.5) is 8.78 Å². The Morgan fingerprint density at radius 2 is 1.94 bits per heavy atom. The topological polar surface area (TPSA) is 66.4 Å². The summed E-state index contributed by atoms with van der Waals surface area (Å²) in [4.78, 5) is 21.6. The molecule has 0 spiro atoms. The van der Waals surface area contributed by atoms with Gasteiger partial charge in [-0.1, -0.05) is 0 Å². The van der Waals surface area contributed by atoms with Crippen LogP contribution in [0.5, 0.6) is 0 Å². The zero-order chi connectivity index (χ0) is 13.1. The summed E-state index contributed by atoms with van der Waals surface area (Å²) in [6.07, 6.45) is -0.160. The molecule has 1 aliphatic carbocycles. The highest BCUT2D eigenvalue weighted by Crippen LogP contribution is 2.37. The lowest BCUT2D eigenvalue weighted by molar-refractivity contribution is -0.138. The zero-order valence-corrected chi connectivity index (χ0v) is 9.71. The third-order valence-electron chi connectivity index (χ3n) is 3.11. The number of amides is 1. The lowest BCUT2D eigenvalue weighted by atomic mass is 9.81. The van der Waals surface area contributed by atoms with Gasteiger partial charge in [0.15, 0.2) is 0 Å². The smallest absolute Gasteiger partial charge is 0.305 e. The van der Waals surface area contributed by atoms with Crippen LogP contribution < -0.4 is 5.32 Å². The van der Waals surface area contributed by atoms with Crippen LogP contribution in [0.2, 0.25) is 0 Å². The van der Waals surface area contributed by atoms with Gasteiger partial charge >= 0.3 is 5.97 Å². The molecule has 17 heavy (non-hydrogen) atoms. The number of carbonyl (C=O) groups is 2. The molecule has 6 heteroatoms. The van der Waals surface area contributed by atoms with Crippen LogP contribution in [0.15, 0.2) is 0 Å². The number of rotatable bonds is 4. The van der Waals surface area contributed by atoms with Gasteiger partial charge in [0.05, 0.1) is 6.42 Å². The molecule has 1 saturated carbocycles. The SMILES string of the molecule is CC(=O)NC(CC(=O)O)C1CCC(F)(F)CC1. The van der Waals surface area contributed by atoms with Crippen LogP contribution in [0.3, 0.4) is 0 Å². The molecule has 0 radical (unpaired) electrons. The summed E-state index contributed by atoms with van der Waals surface area (Å²) in [6.45, 7) is 1.30. The van der Waals surface area contributed by atoms with Crippen molar-refractivity contribution in [1.82, 2.24) is 5.32 Å². The van der Waals surface area contributed by atoms with Crippen LogP contribution in [-0.4, -0.2) is 28.9 Å². The van der Waals surface area contributed by atoms with Gasteiger partial charge in [0.25, 0.3) is 0 Å². The number of aliphatic carboxylic acids is 1. The first kappa shape index (κ1) is 13.9. The van der Waals surface area contributed by atoms with Crippen molar-refractivity contribution < 1.29 is 23.5 Å². The average Bonchev–Trinajstić information content (AvgIpc) is 2.14. The van der Waals surface area contributed by atoms with Crippen molar-refractivity contribution in [1.29, 1.82) is 0 Å². The monoisotopic (exact) mass is 249 g/mol. The van der Waals surface area contributed by atoms with E-state index >= 15 is 0 Å². The molecule has 0 saturated heterocycles. The fraction of sp³-hybridized carbons (Fsp3) is 0.818. The van der Waals surface area contributed by atoms with E-state index in [2.05, 4.69) is 5.32 Å². The maximum Gasteiger partial charge on any atom is 0.305 e. The van der Waals surface area contributed by atoms with Gasteiger partial charge in [-0.3, -0.25) is 9.59 Å². The van der Waals surface area contributed by atoms with Crippen molar-refractivity contribution in [3.05, 3.63) is 0 Å². The summed E-state index contributed by atoms with van der Waals surface area (Å²) >= 11 is 0. The molecule has 1 atom stereocenters. The van der Waals surface area contributed by atoms with E-state index in [0.717, 1.165) is 0 Å². The summed E-state index contributed by atoms with van der Waals surface area (Å²) < 4.78 is 25.9. The van der Waals surface area contributed by atoms with E-state index in [4.69, 9.17) is 5.11 Å². The maximum atomic E-state index is 13.0.